The Morgan fingerprint density at radius 3 is 2.79 bits per heavy atom. The number of aryl methyl sites for hydroxylation is 1. The third kappa shape index (κ3) is 5.52. The zero-order chi connectivity index (χ0) is 23.2. The van der Waals surface area contributed by atoms with Crippen molar-refractivity contribution in [2.24, 2.45) is 12.1 Å². The highest BCUT2D eigenvalue weighted by Gasteiger charge is 2.10. The van der Waals surface area contributed by atoms with Gasteiger partial charge in [0, 0.05) is 36.1 Å². The normalized spacial score (nSPS) is 11.1. The van der Waals surface area contributed by atoms with Crippen LogP contribution in [0.2, 0.25) is 0 Å². The summed E-state index contributed by atoms with van der Waals surface area (Å²) < 4.78 is 7.48. The molecule has 4 rings (SSSR count). The summed E-state index contributed by atoms with van der Waals surface area (Å²) in [5, 5.41) is 23.5. The molecule has 0 unspecified atom stereocenters. The van der Waals surface area contributed by atoms with Crippen LogP contribution in [-0.4, -0.2) is 31.8 Å². The van der Waals surface area contributed by atoms with Crippen LogP contribution in [0.15, 0.2) is 81.7 Å². The molecule has 11 heteroatoms. The van der Waals surface area contributed by atoms with Crippen molar-refractivity contribution in [1.82, 2.24) is 20.2 Å². The van der Waals surface area contributed by atoms with Gasteiger partial charge in [0.2, 0.25) is 0 Å². The Labute approximate surface area is 192 Å². The first-order chi connectivity index (χ1) is 16.0. The van der Waals surface area contributed by atoms with Gasteiger partial charge in [0.25, 0.3) is 11.6 Å². The SMILES string of the molecule is Cn1cnnc1SCc1ccc(C(=O)NN=Cc2ccc(-c3cccc([N+](=O)[O-])c3)o2)cc1. The molecule has 0 spiro atoms. The fraction of sp³-hybridized carbons (Fsp3) is 0.0909. The minimum Gasteiger partial charge on any atom is -0.455 e. The summed E-state index contributed by atoms with van der Waals surface area (Å²) in [5.41, 5.74) is 4.52. The molecule has 1 N–H and O–H groups in total. The smallest absolute Gasteiger partial charge is 0.271 e. The molecule has 0 atom stereocenters. The number of non-ortho nitro benzene ring substituents is 1. The van der Waals surface area contributed by atoms with E-state index in [0.717, 1.165) is 10.7 Å². The molecule has 0 saturated carbocycles. The standard InChI is InChI=1S/C22H18N6O4S/c1-27-14-24-26-22(27)33-13-15-5-7-16(8-6-15)21(29)25-23-12-19-9-10-20(32-19)17-3-2-4-18(11-17)28(30)31/h2-12,14H,13H2,1H3,(H,25,29). The number of benzene rings is 2. The van der Waals surface area contributed by atoms with Crippen LogP contribution in [-0.2, 0) is 12.8 Å². The maximum Gasteiger partial charge on any atom is 0.271 e. The highest BCUT2D eigenvalue weighted by atomic mass is 32.2. The van der Waals surface area contributed by atoms with Gasteiger partial charge in [0.05, 0.1) is 11.1 Å². The number of hydrogen-bond donors (Lipinski definition) is 1. The number of nitro benzene ring substituents is 1. The van der Waals surface area contributed by atoms with E-state index in [1.165, 1.54) is 18.3 Å². The van der Waals surface area contributed by atoms with E-state index < -0.39 is 4.92 Å². The van der Waals surface area contributed by atoms with Crippen LogP contribution >= 0.6 is 11.8 Å². The Morgan fingerprint density at radius 1 is 1.24 bits per heavy atom. The molecular weight excluding hydrogens is 444 g/mol. The average Bonchev–Trinajstić information content (AvgIpc) is 3.47. The van der Waals surface area contributed by atoms with Crippen LogP contribution < -0.4 is 5.43 Å². The molecule has 2 aromatic carbocycles. The molecule has 1 amide bonds. The lowest BCUT2D eigenvalue weighted by atomic mass is 10.1. The van der Waals surface area contributed by atoms with E-state index in [2.05, 4.69) is 20.7 Å². The van der Waals surface area contributed by atoms with E-state index in [1.807, 2.05) is 23.7 Å². The number of furan rings is 1. The van der Waals surface area contributed by atoms with Gasteiger partial charge in [0.1, 0.15) is 17.8 Å². The molecule has 0 fully saturated rings. The van der Waals surface area contributed by atoms with Crippen LogP contribution in [0, 0.1) is 10.1 Å². The third-order valence-electron chi connectivity index (χ3n) is 4.58. The number of carbonyl (C=O) groups is 1. The molecular formula is C22H18N6O4S. The zero-order valence-electron chi connectivity index (χ0n) is 17.4. The third-order valence-corrected chi connectivity index (χ3v) is 5.69. The molecule has 0 aliphatic rings. The lowest BCUT2D eigenvalue weighted by Crippen LogP contribution is -2.17. The first kappa shape index (κ1) is 22.0. The van der Waals surface area contributed by atoms with Crippen molar-refractivity contribution < 1.29 is 14.1 Å². The fourth-order valence-electron chi connectivity index (χ4n) is 2.87. The molecule has 4 aromatic rings. The summed E-state index contributed by atoms with van der Waals surface area (Å²) in [6.07, 6.45) is 3.01. The maximum atomic E-state index is 12.3. The van der Waals surface area contributed by atoms with Gasteiger partial charge in [-0.2, -0.15) is 5.10 Å². The second kappa shape index (κ2) is 9.92. The predicted octanol–water partition coefficient (Wildman–Crippen LogP) is 4.04. The van der Waals surface area contributed by atoms with E-state index in [9.17, 15) is 14.9 Å². The van der Waals surface area contributed by atoms with Crippen molar-refractivity contribution in [2.75, 3.05) is 0 Å². The number of hydrazone groups is 1. The van der Waals surface area contributed by atoms with Crippen LogP contribution in [0.1, 0.15) is 21.7 Å². The molecule has 2 aromatic heterocycles. The van der Waals surface area contributed by atoms with Crippen molar-refractivity contribution in [2.45, 2.75) is 10.9 Å². The number of rotatable bonds is 8. The van der Waals surface area contributed by atoms with Crippen molar-refractivity contribution in [1.29, 1.82) is 0 Å². The Hall–Kier alpha value is -4.25. The number of thioether (sulfide) groups is 1. The summed E-state index contributed by atoms with van der Waals surface area (Å²) >= 11 is 1.56. The Bertz CT molecular complexity index is 1310. The highest BCUT2D eigenvalue weighted by Crippen LogP contribution is 2.25. The number of carbonyl (C=O) groups excluding carboxylic acids is 1. The summed E-state index contributed by atoms with van der Waals surface area (Å²) in [6.45, 7) is 0. The number of amides is 1. The van der Waals surface area contributed by atoms with Crippen molar-refractivity contribution in [3.05, 3.63) is 94.0 Å². The average molecular weight is 462 g/mol. The monoisotopic (exact) mass is 462 g/mol. The molecule has 2 heterocycles. The molecule has 0 radical (unpaired) electrons. The van der Waals surface area contributed by atoms with Gasteiger partial charge in [-0.15, -0.1) is 10.2 Å². The number of nitro groups is 1. The van der Waals surface area contributed by atoms with Gasteiger partial charge in [-0.1, -0.05) is 36.0 Å². The summed E-state index contributed by atoms with van der Waals surface area (Å²) in [4.78, 5) is 22.8. The largest absolute Gasteiger partial charge is 0.455 e. The minimum atomic E-state index is -0.465. The van der Waals surface area contributed by atoms with Crippen molar-refractivity contribution in [3.63, 3.8) is 0 Å². The number of nitrogens with zero attached hydrogens (tertiary/aromatic N) is 5. The van der Waals surface area contributed by atoms with Gasteiger partial charge in [-0.3, -0.25) is 14.9 Å². The van der Waals surface area contributed by atoms with Crippen molar-refractivity contribution in [3.8, 4) is 11.3 Å². The second-order valence-corrected chi connectivity index (χ2v) is 7.86. The van der Waals surface area contributed by atoms with Crippen LogP contribution in [0.3, 0.4) is 0 Å². The van der Waals surface area contributed by atoms with Gasteiger partial charge < -0.3 is 8.98 Å². The van der Waals surface area contributed by atoms with Crippen molar-refractivity contribution >= 4 is 29.6 Å². The number of nitrogens with one attached hydrogen (secondary N) is 1. The van der Waals surface area contributed by atoms with E-state index in [1.54, 1.807) is 54.5 Å². The van der Waals surface area contributed by atoms with Crippen LogP contribution in [0.4, 0.5) is 5.69 Å². The first-order valence-electron chi connectivity index (χ1n) is 9.73. The lowest BCUT2D eigenvalue weighted by molar-refractivity contribution is -0.384. The van der Waals surface area contributed by atoms with Gasteiger partial charge in [0.15, 0.2) is 5.16 Å². The fourth-order valence-corrected chi connectivity index (χ4v) is 3.72. The maximum absolute atomic E-state index is 12.3. The summed E-state index contributed by atoms with van der Waals surface area (Å²) in [6, 6.07) is 16.7. The quantitative estimate of drug-likeness (QED) is 0.181. The first-order valence-corrected chi connectivity index (χ1v) is 10.7. The van der Waals surface area contributed by atoms with Gasteiger partial charge in [-0.05, 0) is 29.8 Å². The Kier molecular flexibility index (Phi) is 6.60. The summed E-state index contributed by atoms with van der Waals surface area (Å²) in [5.74, 6) is 1.20. The summed E-state index contributed by atoms with van der Waals surface area (Å²) in [7, 11) is 1.88. The van der Waals surface area contributed by atoms with Gasteiger partial charge >= 0.3 is 0 Å². The van der Waals surface area contributed by atoms with E-state index in [4.69, 9.17) is 4.42 Å². The highest BCUT2D eigenvalue weighted by molar-refractivity contribution is 7.98. The number of hydrogen-bond acceptors (Lipinski definition) is 8. The predicted molar refractivity (Wildman–Crippen MR) is 123 cm³/mol. The Balaban J connectivity index is 1.32. The molecule has 0 bridgehead atoms. The van der Waals surface area contributed by atoms with E-state index in [-0.39, 0.29) is 11.6 Å². The van der Waals surface area contributed by atoms with E-state index in [0.29, 0.717) is 28.4 Å². The minimum absolute atomic E-state index is 0.0235. The topological polar surface area (TPSA) is 128 Å². The van der Waals surface area contributed by atoms with Gasteiger partial charge in [-0.25, -0.2) is 5.43 Å². The molecule has 10 nitrogen and oxygen atoms in total. The lowest BCUT2D eigenvalue weighted by Gasteiger charge is -2.03. The Morgan fingerprint density at radius 2 is 2.06 bits per heavy atom. The molecule has 166 valence electrons. The van der Waals surface area contributed by atoms with E-state index >= 15 is 0 Å². The second-order valence-electron chi connectivity index (χ2n) is 6.92. The molecule has 33 heavy (non-hydrogen) atoms. The number of aromatic nitrogens is 3. The zero-order valence-corrected chi connectivity index (χ0v) is 18.2. The van der Waals surface area contributed by atoms with Crippen LogP contribution in [0.25, 0.3) is 11.3 Å². The molecule has 0 saturated heterocycles. The molecule has 0 aliphatic heterocycles. The van der Waals surface area contributed by atoms with Crippen LogP contribution in [0.5, 0.6) is 0 Å². The molecule has 0 aliphatic carbocycles.